The summed E-state index contributed by atoms with van der Waals surface area (Å²) in [6.07, 6.45) is 0. The Bertz CT molecular complexity index is 1060. The van der Waals surface area contributed by atoms with Crippen molar-refractivity contribution < 1.29 is 13.2 Å². The first-order valence-corrected chi connectivity index (χ1v) is 12.2. The van der Waals surface area contributed by atoms with Gasteiger partial charge < -0.3 is 10.6 Å². The number of thioether (sulfide) groups is 1. The van der Waals surface area contributed by atoms with E-state index in [2.05, 4.69) is 29.5 Å². The number of rotatable bonds is 4. The van der Waals surface area contributed by atoms with Crippen LogP contribution in [0, 0.1) is 0 Å². The lowest BCUT2D eigenvalue weighted by Gasteiger charge is -2.10. The summed E-state index contributed by atoms with van der Waals surface area (Å²) in [6.45, 7) is 4.26. The van der Waals surface area contributed by atoms with Crippen LogP contribution in [0.5, 0.6) is 0 Å². The number of hydrogen-bond donors (Lipinski definition) is 2. The maximum atomic E-state index is 12.6. The van der Waals surface area contributed by atoms with Crippen LogP contribution in [-0.2, 0) is 9.84 Å². The third-order valence-corrected chi connectivity index (χ3v) is 8.17. The van der Waals surface area contributed by atoms with Crippen LogP contribution >= 0.6 is 11.8 Å². The summed E-state index contributed by atoms with van der Waals surface area (Å²) in [6, 6.07) is 14.9. The zero-order chi connectivity index (χ0) is 20.6. The minimum absolute atomic E-state index is 0.0113. The number of carbonyl (C=O) groups is 1. The van der Waals surface area contributed by atoms with Crippen LogP contribution in [-0.4, -0.2) is 42.3 Å². The molecule has 0 aromatic heterocycles. The van der Waals surface area contributed by atoms with Crippen LogP contribution in [0.3, 0.4) is 0 Å². The minimum atomic E-state index is -2.97. The molecule has 2 aliphatic rings. The van der Waals surface area contributed by atoms with E-state index in [4.69, 9.17) is 0 Å². The molecule has 6 nitrogen and oxygen atoms in total. The molecule has 2 aromatic rings. The summed E-state index contributed by atoms with van der Waals surface area (Å²) >= 11 is 1.46. The highest BCUT2D eigenvalue weighted by molar-refractivity contribution is 8.15. The first-order valence-electron chi connectivity index (χ1n) is 9.52. The van der Waals surface area contributed by atoms with Gasteiger partial charge in [-0.3, -0.25) is 9.79 Å². The fraction of sp³-hybridized carbons (Fsp3) is 0.333. The first kappa shape index (κ1) is 20.0. The number of fused-ring (bicyclic) bond motifs is 1. The van der Waals surface area contributed by atoms with Gasteiger partial charge in [0.05, 0.1) is 17.5 Å². The average Bonchev–Trinajstić information content (AvgIpc) is 3.14. The quantitative estimate of drug-likeness (QED) is 0.773. The van der Waals surface area contributed by atoms with E-state index in [-0.39, 0.29) is 28.7 Å². The molecule has 2 aromatic carbocycles. The van der Waals surface area contributed by atoms with Crippen molar-refractivity contribution in [2.75, 3.05) is 22.1 Å². The molecule has 0 aliphatic carbocycles. The molecule has 152 valence electrons. The van der Waals surface area contributed by atoms with Crippen molar-refractivity contribution in [3.05, 3.63) is 59.7 Å². The molecule has 2 atom stereocenters. The van der Waals surface area contributed by atoms with Crippen LogP contribution in [0.2, 0.25) is 0 Å². The number of amidine groups is 1. The van der Waals surface area contributed by atoms with Crippen molar-refractivity contribution in [3.63, 3.8) is 0 Å². The molecule has 8 heteroatoms. The van der Waals surface area contributed by atoms with Crippen molar-refractivity contribution in [1.29, 1.82) is 0 Å². The summed E-state index contributed by atoms with van der Waals surface area (Å²) < 4.78 is 23.4. The second kappa shape index (κ2) is 7.84. The lowest BCUT2D eigenvalue weighted by molar-refractivity contribution is 0.102. The summed E-state index contributed by atoms with van der Waals surface area (Å²) in [7, 11) is -2.97. The molecule has 2 N–H and O–H groups in total. The van der Waals surface area contributed by atoms with Gasteiger partial charge in [-0.25, -0.2) is 8.42 Å². The number of amides is 1. The Morgan fingerprint density at radius 3 is 2.55 bits per heavy atom. The number of carbonyl (C=O) groups excluding carboxylic acids is 1. The van der Waals surface area contributed by atoms with Crippen molar-refractivity contribution in [1.82, 2.24) is 0 Å². The Hall–Kier alpha value is -2.32. The van der Waals surface area contributed by atoms with Gasteiger partial charge in [-0.05, 0) is 41.8 Å². The van der Waals surface area contributed by atoms with E-state index in [0.717, 1.165) is 11.4 Å². The molecule has 0 unspecified atom stereocenters. The zero-order valence-corrected chi connectivity index (χ0v) is 17.9. The maximum absolute atomic E-state index is 12.6. The number of nitrogens with zero attached hydrogens (tertiary/aromatic N) is 1. The van der Waals surface area contributed by atoms with E-state index in [1.165, 1.54) is 17.3 Å². The highest BCUT2D eigenvalue weighted by Gasteiger charge is 2.42. The third kappa shape index (κ3) is 4.64. The monoisotopic (exact) mass is 429 g/mol. The number of nitrogens with one attached hydrogen (secondary N) is 2. The Balaban J connectivity index is 1.41. The van der Waals surface area contributed by atoms with Crippen molar-refractivity contribution in [2.24, 2.45) is 4.99 Å². The SMILES string of the molecule is CC(C)c1ccc(NC(=O)c2cccc(NC3=N[C@@H]4CS(=O)(=O)C[C@H]4S3)c2)cc1. The lowest BCUT2D eigenvalue weighted by Crippen LogP contribution is -2.14. The topological polar surface area (TPSA) is 87.6 Å². The number of hydrogen-bond acceptors (Lipinski definition) is 6. The standard InChI is InChI=1S/C21H23N3O3S2/c1-13(2)14-6-8-16(9-7-14)22-20(25)15-4-3-5-17(10-15)23-21-24-18-11-29(26,27)12-19(18)28-21/h3-10,13,18-19H,11-12H2,1-2H3,(H,22,25)(H,23,24)/t18-,19-/m1/s1. The molecule has 1 fully saturated rings. The van der Waals surface area contributed by atoms with Gasteiger partial charge in [0.1, 0.15) is 0 Å². The first-order chi connectivity index (χ1) is 13.8. The Labute approximate surface area is 175 Å². The molecule has 1 saturated heterocycles. The van der Waals surface area contributed by atoms with Gasteiger partial charge >= 0.3 is 0 Å². The Kier molecular flexibility index (Phi) is 5.40. The second-order valence-corrected chi connectivity index (χ2v) is 11.1. The summed E-state index contributed by atoms with van der Waals surface area (Å²) in [5.74, 6) is 0.552. The molecule has 0 radical (unpaired) electrons. The van der Waals surface area contributed by atoms with Gasteiger partial charge in [-0.2, -0.15) is 0 Å². The summed E-state index contributed by atoms with van der Waals surface area (Å²) in [4.78, 5) is 17.1. The van der Waals surface area contributed by atoms with Crippen LogP contribution in [0.4, 0.5) is 11.4 Å². The van der Waals surface area contributed by atoms with Gasteiger partial charge in [0.15, 0.2) is 15.0 Å². The van der Waals surface area contributed by atoms with E-state index >= 15 is 0 Å². The molecule has 4 rings (SSSR count). The van der Waals surface area contributed by atoms with Crippen molar-refractivity contribution in [2.45, 2.75) is 31.1 Å². The highest BCUT2D eigenvalue weighted by Crippen LogP contribution is 2.34. The van der Waals surface area contributed by atoms with E-state index < -0.39 is 9.84 Å². The molecule has 0 saturated carbocycles. The number of aliphatic imine (C=N–C) groups is 1. The molecule has 2 aliphatic heterocycles. The van der Waals surface area contributed by atoms with Gasteiger partial charge in [-0.1, -0.05) is 43.8 Å². The fourth-order valence-electron chi connectivity index (χ4n) is 3.43. The predicted octanol–water partition coefficient (Wildman–Crippen LogP) is 3.74. The second-order valence-electron chi connectivity index (χ2n) is 7.67. The van der Waals surface area contributed by atoms with Crippen molar-refractivity contribution >= 4 is 44.0 Å². The van der Waals surface area contributed by atoms with Crippen LogP contribution in [0.25, 0.3) is 0 Å². The summed E-state index contributed by atoms with van der Waals surface area (Å²) in [5.41, 5.74) is 3.26. The van der Waals surface area contributed by atoms with Gasteiger partial charge in [-0.15, -0.1) is 0 Å². The van der Waals surface area contributed by atoms with Gasteiger partial charge in [0.25, 0.3) is 5.91 Å². The van der Waals surface area contributed by atoms with Crippen LogP contribution in [0.15, 0.2) is 53.5 Å². The number of sulfone groups is 1. The molecule has 0 bridgehead atoms. The predicted molar refractivity (Wildman–Crippen MR) is 120 cm³/mol. The van der Waals surface area contributed by atoms with Crippen LogP contribution in [0.1, 0.15) is 35.7 Å². The van der Waals surface area contributed by atoms with Crippen molar-refractivity contribution in [3.8, 4) is 0 Å². The van der Waals surface area contributed by atoms with Crippen LogP contribution < -0.4 is 10.6 Å². The van der Waals surface area contributed by atoms with E-state index in [1.807, 2.05) is 36.4 Å². The third-order valence-electron chi connectivity index (χ3n) is 5.03. The van der Waals surface area contributed by atoms with E-state index in [0.29, 0.717) is 16.6 Å². The number of benzene rings is 2. The van der Waals surface area contributed by atoms with Gasteiger partial charge in [0, 0.05) is 22.2 Å². The fourth-order valence-corrected chi connectivity index (χ4v) is 7.11. The molecule has 2 heterocycles. The lowest BCUT2D eigenvalue weighted by atomic mass is 10.0. The Morgan fingerprint density at radius 2 is 1.86 bits per heavy atom. The van der Waals surface area contributed by atoms with Gasteiger partial charge in [0.2, 0.25) is 0 Å². The normalized spacial score (nSPS) is 22.2. The van der Waals surface area contributed by atoms with E-state index in [1.54, 1.807) is 12.1 Å². The molecular weight excluding hydrogens is 406 g/mol. The molecule has 29 heavy (non-hydrogen) atoms. The molecule has 0 spiro atoms. The molecule has 1 amide bonds. The number of anilines is 2. The maximum Gasteiger partial charge on any atom is 0.255 e. The Morgan fingerprint density at radius 1 is 1.10 bits per heavy atom. The summed E-state index contributed by atoms with van der Waals surface area (Å²) in [5, 5.41) is 6.83. The molecular formula is C21H23N3O3S2. The largest absolute Gasteiger partial charge is 0.335 e. The highest BCUT2D eigenvalue weighted by atomic mass is 32.2. The zero-order valence-electron chi connectivity index (χ0n) is 16.3. The smallest absolute Gasteiger partial charge is 0.255 e. The minimum Gasteiger partial charge on any atom is -0.335 e. The van der Waals surface area contributed by atoms with E-state index in [9.17, 15) is 13.2 Å². The average molecular weight is 430 g/mol.